The van der Waals surface area contributed by atoms with Crippen molar-refractivity contribution >= 4 is 22.4 Å². The number of nitrogens with zero attached hydrogens (tertiary/aromatic N) is 3. The fraction of sp³-hybridized carbons (Fsp3) is 0.545. The topological polar surface area (TPSA) is 61.8 Å². The molecule has 2 N–H and O–H groups in total. The minimum atomic E-state index is 0.122. The molecule has 0 bridgehead atoms. The van der Waals surface area contributed by atoms with Crippen molar-refractivity contribution < 1.29 is 4.74 Å². The van der Waals surface area contributed by atoms with E-state index in [2.05, 4.69) is 45.0 Å². The standard InChI is InChI=1S/C22H33N5OS/c1-18(19-9-4-3-5-10-19)28-16-8-12-24-21(23-2)25-13-11-20-17-29-22(26-20)27-14-6-7-15-27/h3-5,9-10,17-18H,6-8,11-16H2,1-2H3,(H2,23,24,25). The summed E-state index contributed by atoms with van der Waals surface area (Å²) in [4.78, 5) is 11.5. The van der Waals surface area contributed by atoms with Crippen LogP contribution < -0.4 is 15.5 Å². The monoisotopic (exact) mass is 415 g/mol. The van der Waals surface area contributed by atoms with Gasteiger partial charge in [-0.3, -0.25) is 4.99 Å². The zero-order valence-electron chi connectivity index (χ0n) is 17.6. The lowest BCUT2D eigenvalue weighted by Crippen LogP contribution is -2.39. The van der Waals surface area contributed by atoms with E-state index >= 15 is 0 Å². The van der Waals surface area contributed by atoms with E-state index in [1.54, 1.807) is 18.4 Å². The minimum absolute atomic E-state index is 0.122. The van der Waals surface area contributed by atoms with Crippen molar-refractivity contribution in [3.8, 4) is 0 Å². The van der Waals surface area contributed by atoms with Crippen molar-refractivity contribution in [2.75, 3.05) is 44.7 Å². The van der Waals surface area contributed by atoms with E-state index in [9.17, 15) is 0 Å². The first-order chi connectivity index (χ1) is 14.3. The molecule has 1 aliphatic rings. The van der Waals surface area contributed by atoms with Crippen LogP contribution in [0.25, 0.3) is 0 Å². The zero-order valence-corrected chi connectivity index (χ0v) is 18.4. The van der Waals surface area contributed by atoms with E-state index in [1.165, 1.54) is 23.5 Å². The summed E-state index contributed by atoms with van der Waals surface area (Å²) in [5.74, 6) is 0.830. The highest BCUT2D eigenvalue weighted by Crippen LogP contribution is 2.24. The second-order valence-electron chi connectivity index (χ2n) is 7.27. The lowest BCUT2D eigenvalue weighted by Gasteiger charge is -2.14. The third kappa shape index (κ3) is 7.01. The quantitative estimate of drug-likeness (QED) is 0.353. The molecule has 1 atom stereocenters. The van der Waals surface area contributed by atoms with Gasteiger partial charge in [0.05, 0.1) is 11.8 Å². The predicted octanol–water partition coefficient (Wildman–Crippen LogP) is 3.62. The van der Waals surface area contributed by atoms with E-state index in [4.69, 9.17) is 9.72 Å². The van der Waals surface area contributed by atoms with E-state index in [1.807, 2.05) is 18.2 Å². The first kappa shape index (κ1) is 21.6. The molecule has 0 spiro atoms. The Kier molecular flexibility index (Phi) is 8.77. The maximum absolute atomic E-state index is 5.92. The highest BCUT2D eigenvalue weighted by atomic mass is 32.1. The highest BCUT2D eigenvalue weighted by Gasteiger charge is 2.15. The fourth-order valence-corrected chi connectivity index (χ4v) is 4.27. The summed E-state index contributed by atoms with van der Waals surface area (Å²) >= 11 is 1.76. The molecule has 158 valence electrons. The largest absolute Gasteiger partial charge is 0.374 e. The Morgan fingerprint density at radius 2 is 1.97 bits per heavy atom. The van der Waals surface area contributed by atoms with Gasteiger partial charge in [0.15, 0.2) is 11.1 Å². The SMILES string of the molecule is CN=C(NCCCOC(C)c1ccccc1)NCCc1csc(N2CCCC2)n1. The van der Waals surface area contributed by atoms with E-state index < -0.39 is 0 Å². The van der Waals surface area contributed by atoms with Gasteiger partial charge in [-0.25, -0.2) is 4.98 Å². The van der Waals surface area contributed by atoms with Crippen LogP contribution in [-0.2, 0) is 11.2 Å². The van der Waals surface area contributed by atoms with Gasteiger partial charge in [0, 0.05) is 51.6 Å². The van der Waals surface area contributed by atoms with Crippen LogP contribution in [0.2, 0.25) is 0 Å². The van der Waals surface area contributed by atoms with Gasteiger partial charge in [-0.2, -0.15) is 0 Å². The molecular formula is C22H33N5OS. The molecule has 2 aromatic rings. The zero-order chi connectivity index (χ0) is 20.3. The van der Waals surface area contributed by atoms with Gasteiger partial charge in [0.25, 0.3) is 0 Å². The number of rotatable bonds is 10. The smallest absolute Gasteiger partial charge is 0.190 e. The molecule has 1 saturated heterocycles. The van der Waals surface area contributed by atoms with Crippen LogP contribution >= 0.6 is 11.3 Å². The second kappa shape index (κ2) is 11.8. The number of ether oxygens (including phenoxy) is 1. The van der Waals surface area contributed by atoms with E-state index in [-0.39, 0.29) is 6.10 Å². The second-order valence-corrected chi connectivity index (χ2v) is 8.11. The molecular weight excluding hydrogens is 382 g/mol. The fourth-order valence-electron chi connectivity index (χ4n) is 3.35. The molecule has 29 heavy (non-hydrogen) atoms. The van der Waals surface area contributed by atoms with E-state index in [0.717, 1.165) is 57.3 Å². The number of aliphatic imine (C=N–C) groups is 1. The number of hydrogen-bond acceptors (Lipinski definition) is 5. The summed E-state index contributed by atoms with van der Waals surface area (Å²) in [5.41, 5.74) is 2.37. The number of aromatic nitrogens is 1. The number of benzene rings is 1. The highest BCUT2D eigenvalue weighted by molar-refractivity contribution is 7.13. The molecule has 0 radical (unpaired) electrons. The Morgan fingerprint density at radius 3 is 2.72 bits per heavy atom. The first-order valence-corrected chi connectivity index (χ1v) is 11.4. The molecule has 0 saturated carbocycles. The average molecular weight is 416 g/mol. The minimum Gasteiger partial charge on any atom is -0.374 e. The summed E-state index contributed by atoms with van der Waals surface area (Å²) < 4.78 is 5.92. The van der Waals surface area contributed by atoms with Crippen LogP contribution in [0.3, 0.4) is 0 Å². The Labute approximate surface area is 178 Å². The molecule has 6 nitrogen and oxygen atoms in total. The Balaban J connectivity index is 1.28. The third-order valence-electron chi connectivity index (χ3n) is 5.06. The summed E-state index contributed by atoms with van der Waals surface area (Å²) in [6, 6.07) is 10.3. The molecule has 1 fully saturated rings. The third-order valence-corrected chi connectivity index (χ3v) is 6.01. The predicted molar refractivity (Wildman–Crippen MR) is 122 cm³/mol. The Hall–Kier alpha value is -2.12. The van der Waals surface area contributed by atoms with Crippen LogP contribution in [0.5, 0.6) is 0 Å². The van der Waals surface area contributed by atoms with Crippen LogP contribution in [0, 0.1) is 0 Å². The molecule has 2 heterocycles. The van der Waals surface area contributed by atoms with Gasteiger partial charge in [0.2, 0.25) is 0 Å². The number of hydrogen-bond donors (Lipinski definition) is 2. The van der Waals surface area contributed by atoms with Crippen LogP contribution in [-0.4, -0.2) is 50.8 Å². The summed E-state index contributed by atoms with van der Waals surface area (Å²) in [6.07, 6.45) is 4.53. The number of guanidine groups is 1. The van der Waals surface area contributed by atoms with Gasteiger partial charge >= 0.3 is 0 Å². The van der Waals surface area contributed by atoms with Crippen LogP contribution in [0.4, 0.5) is 5.13 Å². The van der Waals surface area contributed by atoms with Crippen molar-refractivity contribution in [2.45, 2.75) is 38.7 Å². The van der Waals surface area contributed by atoms with Crippen molar-refractivity contribution in [3.63, 3.8) is 0 Å². The van der Waals surface area contributed by atoms with Crippen molar-refractivity contribution in [1.82, 2.24) is 15.6 Å². The molecule has 3 rings (SSSR count). The van der Waals surface area contributed by atoms with Crippen molar-refractivity contribution in [2.24, 2.45) is 4.99 Å². The van der Waals surface area contributed by atoms with Gasteiger partial charge in [-0.05, 0) is 31.7 Å². The maximum atomic E-state index is 5.92. The lowest BCUT2D eigenvalue weighted by molar-refractivity contribution is 0.0646. The molecule has 0 aliphatic carbocycles. The van der Waals surface area contributed by atoms with Crippen LogP contribution in [0.1, 0.15) is 43.5 Å². The Morgan fingerprint density at radius 1 is 1.21 bits per heavy atom. The van der Waals surface area contributed by atoms with Gasteiger partial charge in [0.1, 0.15) is 0 Å². The van der Waals surface area contributed by atoms with Gasteiger partial charge in [-0.1, -0.05) is 30.3 Å². The summed E-state index contributed by atoms with van der Waals surface area (Å²) in [6.45, 7) is 6.77. The maximum Gasteiger partial charge on any atom is 0.190 e. The average Bonchev–Trinajstić information content (AvgIpc) is 3.44. The van der Waals surface area contributed by atoms with Crippen molar-refractivity contribution in [1.29, 1.82) is 0 Å². The summed E-state index contributed by atoms with van der Waals surface area (Å²) in [5, 5.41) is 10.1. The number of anilines is 1. The van der Waals surface area contributed by atoms with Crippen LogP contribution in [0.15, 0.2) is 40.7 Å². The molecule has 1 unspecified atom stereocenters. The number of thiazole rings is 1. The van der Waals surface area contributed by atoms with Gasteiger partial charge < -0.3 is 20.3 Å². The van der Waals surface area contributed by atoms with E-state index in [0.29, 0.717) is 0 Å². The normalized spacial score (nSPS) is 15.5. The molecule has 1 aromatic heterocycles. The molecule has 7 heteroatoms. The van der Waals surface area contributed by atoms with Gasteiger partial charge in [-0.15, -0.1) is 11.3 Å². The lowest BCUT2D eigenvalue weighted by atomic mass is 10.1. The Bertz CT molecular complexity index is 743. The first-order valence-electron chi connectivity index (χ1n) is 10.6. The molecule has 0 amide bonds. The summed E-state index contributed by atoms with van der Waals surface area (Å²) in [7, 11) is 1.80. The molecule has 1 aliphatic heterocycles. The molecule has 1 aromatic carbocycles. The van der Waals surface area contributed by atoms with Crippen molar-refractivity contribution in [3.05, 3.63) is 47.0 Å². The number of nitrogens with one attached hydrogen (secondary N) is 2.